The lowest BCUT2D eigenvalue weighted by Gasteiger charge is -2.30. The molecule has 1 aliphatic heterocycles. The number of nitriles is 1. The van der Waals surface area contributed by atoms with E-state index in [9.17, 15) is 14.9 Å². The van der Waals surface area contributed by atoms with Crippen molar-refractivity contribution < 1.29 is 9.59 Å². The van der Waals surface area contributed by atoms with Gasteiger partial charge in [0.05, 0.1) is 29.1 Å². The van der Waals surface area contributed by atoms with Crippen LogP contribution in [0.1, 0.15) is 21.6 Å². The second kappa shape index (κ2) is 7.48. The van der Waals surface area contributed by atoms with E-state index in [0.717, 1.165) is 5.56 Å². The molecule has 144 valence electrons. The Labute approximate surface area is 167 Å². The van der Waals surface area contributed by atoms with Crippen molar-refractivity contribution in [2.45, 2.75) is 13.1 Å². The Morgan fingerprint density at radius 3 is 2.48 bits per heavy atom. The lowest BCUT2D eigenvalue weighted by Crippen LogP contribution is -2.41. The van der Waals surface area contributed by atoms with E-state index < -0.39 is 5.91 Å². The molecule has 1 aliphatic rings. The van der Waals surface area contributed by atoms with Crippen LogP contribution in [0.25, 0.3) is 11.3 Å². The van der Waals surface area contributed by atoms with Crippen LogP contribution in [0, 0.1) is 11.3 Å². The van der Waals surface area contributed by atoms with Crippen molar-refractivity contribution in [3.05, 3.63) is 71.7 Å². The van der Waals surface area contributed by atoms with E-state index in [1.807, 2.05) is 34.9 Å². The average molecular weight is 386 g/mol. The molecule has 1 aromatic carbocycles. The molecule has 3 amide bonds. The summed E-state index contributed by atoms with van der Waals surface area (Å²) in [5, 5.41) is 12.6. The summed E-state index contributed by atoms with van der Waals surface area (Å²) < 4.78 is 1.92. The number of urea groups is 1. The molecule has 0 saturated heterocycles. The minimum atomic E-state index is -0.677. The van der Waals surface area contributed by atoms with Crippen molar-refractivity contribution in [1.29, 1.82) is 5.26 Å². The fourth-order valence-electron chi connectivity index (χ4n) is 3.64. The number of hydrogen-bond acceptors (Lipinski definition) is 4. The smallest absolute Gasteiger partial charge is 0.322 e. The van der Waals surface area contributed by atoms with E-state index in [1.54, 1.807) is 29.4 Å². The van der Waals surface area contributed by atoms with Crippen molar-refractivity contribution in [1.82, 2.24) is 14.5 Å². The number of carbonyl (C=O) groups is 2. The third-order valence-electron chi connectivity index (χ3n) is 4.93. The Morgan fingerprint density at radius 1 is 1.10 bits per heavy atom. The number of pyridine rings is 1. The maximum Gasteiger partial charge on any atom is 0.322 e. The molecule has 0 radical (unpaired) electrons. The first-order chi connectivity index (χ1) is 14.1. The Bertz CT molecular complexity index is 1120. The Kier molecular flexibility index (Phi) is 4.71. The van der Waals surface area contributed by atoms with Crippen LogP contribution in [0.3, 0.4) is 0 Å². The molecule has 3 aromatic rings. The molecule has 0 aliphatic carbocycles. The Balaban J connectivity index is 1.73. The zero-order valence-corrected chi connectivity index (χ0v) is 15.5. The first-order valence-corrected chi connectivity index (χ1v) is 9.06. The van der Waals surface area contributed by atoms with Crippen LogP contribution >= 0.6 is 0 Å². The highest BCUT2D eigenvalue weighted by Gasteiger charge is 2.32. The molecule has 29 heavy (non-hydrogen) atoms. The number of nitrogens with zero attached hydrogens (tertiary/aromatic N) is 4. The van der Waals surface area contributed by atoms with Gasteiger partial charge in [-0.15, -0.1) is 0 Å². The molecule has 8 heteroatoms. The van der Waals surface area contributed by atoms with Gasteiger partial charge in [-0.3, -0.25) is 9.78 Å². The van der Waals surface area contributed by atoms with Crippen molar-refractivity contribution in [3.8, 4) is 17.3 Å². The number of nitrogens with two attached hydrogens (primary N) is 1. The molecule has 3 N–H and O–H groups in total. The van der Waals surface area contributed by atoms with Crippen LogP contribution in [0.5, 0.6) is 0 Å². The Hall–Kier alpha value is -4.12. The van der Waals surface area contributed by atoms with Crippen LogP contribution < -0.4 is 11.1 Å². The third kappa shape index (κ3) is 3.30. The van der Waals surface area contributed by atoms with Crippen molar-refractivity contribution in [2.75, 3.05) is 11.9 Å². The van der Waals surface area contributed by atoms with Crippen molar-refractivity contribution >= 4 is 17.6 Å². The van der Waals surface area contributed by atoms with Crippen LogP contribution in [0.4, 0.5) is 10.5 Å². The number of benzene rings is 1. The number of hydrogen-bond donors (Lipinski definition) is 2. The monoisotopic (exact) mass is 386 g/mol. The van der Waals surface area contributed by atoms with Gasteiger partial charge >= 0.3 is 6.03 Å². The fourth-order valence-corrected chi connectivity index (χ4v) is 3.64. The summed E-state index contributed by atoms with van der Waals surface area (Å²) in [4.78, 5) is 30.4. The van der Waals surface area contributed by atoms with Crippen LogP contribution in [0.2, 0.25) is 0 Å². The predicted molar refractivity (Wildman–Crippen MR) is 107 cm³/mol. The summed E-state index contributed by atoms with van der Waals surface area (Å²) in [5.41, 5.74) is 8.73. The quantitative estimate of drug-likeness (QED) is 0.719. The lowest BCUT2D eigenvalue weighted by molar-refractivity contribution is 0.0997. The average Bonchev–Trinajstić information content (AvgIpc) is 3.08. The zero-order valence-electron chi connectivity index (χ0n) is 15.5. The lowest BCUT2D eigenvalue weighted by atomic mass is 10.0. The van der Waals surface area contributed by atoms with Gasteiger partial charge in [0.15, 0.2) is 0 Å². The number of rotatable bonds is 3. The van der Waals surface area contributed by atoms with Gasteiger partial charge in [-0.25, -0.2) is 4.79 Å². The Morgan fingerprint density at radius 2 is 1.83 bits per heavy atom. The molecule has 2 aromatic heterocycles. The number of aromatic nitrogens is 2. The van der Waals surface area contributed by atoms with Gasteiger partial charge in [-0.1, -0.05) is 30.3 Å². The van der Waals surface area contributed by atoms with Gasteiger partial charge < -0.3 is 20.5 Å². The molecule has 0 bridgehead atoms. The van der Waals surface area contributed by atoms with Gasteiger partial charge in [0.1, 0.15) is 6.07 Å². The summed E-state index contributed by atoms with van der Waals surface area (Å²) in [5.74, 6) is -0.677. The molecule has 8 nitrogen and oxygen atoms in total. The largest absolute Gasteiger partial charge is 0.366 e. The van der Waals surface area contributed by atoms with E-state index in [0.29, 0.717) is 30.2 Å². The minimum Gasteiger partial charge on any atom is -0.366 e. The second-order valence-corrected chi connectivity index (χ2v) is 6.63. The fraction of sp³-hybridized carbons (Fsp3) is 0.143. The highest BCUT2D eigenvalue weighted by Crippen LogP contribution is 2.34. The maximum atomic E-state index is 12.7. The van der Waals surface area contributed by atoms with E-state index in [2.05, 4.69) is 16.4 Å². The highest BCUT2D eigenvalue weighted by molar-refractivity contribution is 6.00. The van der Waals surface area contributed by atoms with Gasteiger partial charge in [0.2, 0.25) is 0 Å². The number of nitrogens with one attached hydrogen (secondary N) is 1. The summed E-state index contributed by atoms with van der Waals surface area (Å²) in [6.07, 6.45) is 3.18. The summed E-state index contributed by atoms with van der Waals surface area (Å²) >= 11 is 0. The second-order valence-electron chi connectivity index (χ2n) is 6.63. The number of anilines is 1. The number of primary amides is 1. The normalized spacial score (nSPS) is 12.7. The molecule has 0 saturated carbocycles. The predicted octanol–water partition coefficient (Wildman–Crippen LogP) is 2.57. The van der Waals surface area contributed by atoms with E-state index in [-0.39, 0.29) is 23.7 Å². The first-order valence-electron chi connectivity index (χ1n) is 9.06. The van der Waals surface area contributed by atoms with E-state index in [4.69, 9.17) is 5.73 Å². The van der Waals surface area contributed by atoms with Crippen molar-refractivity contribution in [3.63, 3.8) is 0 Å². The number of amides is 3. The maximum absolute atomic E-state index is 12.7. The summed E-state index contributed by atoms with van der Waals surface area (Å²) in [7, 11) is 0. The van der Waals surface area contributed by atoms with Gasteiger partial charge in [-0.05, 0) is 17.7 Å². The van der Waals surface area contributed by atoms with Gasteiger partial charge in [0, 0.05) is 31.2 Å². The van der Waals surface area contributed by atoms with E-state index in [1.165, 1.54) is 0 Å². The van der Waals surface area contributed by atoms with Crippen molar-refractivity contribution in [2.24, 2.45) is 5.73 Å². The minimum absolute atomic E-state index is 0.174. The topological polar surface area (TPSA) is 117 Å². The molecular formula is C21H18N6O2. The molecule has 0 fully saturated rings. The van der Waals surface area contributed by atoms with Gasteiger partial charge in [-0.2, -0.15) is 5.26 Å². The van der Waals surface area contributed by atoms with Gasteiger partial charge in [0.25, 0.3) is 5.91 Å². The molecule has 0 spiro atoms. The SMILES string of the molecule is N#Cc1c(C(N)=O)c2n(c1-c1ccccc1)CCN(C(=O)Nc1ccncc1)C2. The third-order valence-corrected chi connectivity index (χ3v) is 4.93. The summed E-state index contributed by atoms with van der Waals surface area (Å²) in [6, 6.07) is 14.6. The standard InChI is InChI=1S/C21H18N6O2/c22-12-16-18(20(23)28)17-13-26(21(29)25-15-6-8-24-9-7-15)10-11-27(17)19(16)14-4-2-1-3-5-14/h1-9H,10-11,13H2,(H2,23,28)(H,24,25,29). The zero-order chi connectivity index (χ0) is 20.4. The molecule has 0 atom stereocenters. The number of carbonyl (C=O) groups excluding carboxylic acids is 2. The first kappa shape index (κ1) is 18.3. The molecular weight excluding hydrogens is 368 g/mol. The molecule has 3 heterocycles. The number of fused-ring (bicyclic) bond motifs is 1. The molecule has 4 rings (SSSR count). The molecule has 0 unspecified atom stereocenters. The van der Waals surface area contributed by atoms with E-state index >= 15 is 0 Å². The van der Waals surface area contributed by atoms with Crippen LogP contribution in [-0.4, -0.2) is 32.9 Å². The van der Waals surface area contributed by atoms with Crippen LogP contribution in [0.15, 0.2) is 54.9 Å². The van der Waals surface area contributed by atoms with Crippen LogP contribution in [-0.2, 0) is 13.1 Å². The summed E-state index contributed by atoms with van der Waals surface area (Å²) in [6.45, 7) is 1.06. The highest BCUT2D eigenvalue weighted by atomic mass is 16.2.